The first-order valence-electron chi connectivity index (χ1n) is 6.20. The van der Waals surface area contributed by atoms with Crippen LogP contribution in [0.3, 0.4) is 0 Å². The van der Waals surface area contributed by atoms with E-state index in [1.54, 1.807) is 36.4 Å². The SMILES string of the molecule is C#CC(O)(c1ccccc1)c1ccc(NC(C)=O)cc1. The first-order chi connectivity index (χ1) is 9.56. The molecule has 0 bridgehead atoms. The molecule has 1 unspecified atom stereocenters. The van der Waals surface area contributed by atoms with Crippen LogP contribution in [-0.2, 0) is 10.4 Å². The van der Waals surface area contributed by atoms with Crippen LogP contribution < -0.4 is 5.32 Å². The van der Waals surface area contributed by atoms with E-state index in [9.17, 15) is 9.90 Å². The van der Waals surface area contributed by atoms with Gasteiger partial charge in [-0.1, -0.05) is 48.4 Å². The van der Waals surface area contributed by atoms with Gasteiger partial charge in [0.05, 0.1) is 0 Å². The van der Waals surface area contributed by atoms with E-state index in [-0.39, 0.29) is 5.91 Å². The van der Waals surface area contributed by atoms with Crippen molar-refractivity contribution in [3.8, 4) is 12.3 Å². The Labute approximate surface area is 118 Å². The van der Waals surface area contributed by atoms with E-state index in [1.165, 1.54) is 6.92 Å². The molecule has 1 atom stereocenters. The predicted molar refractivity (Wildman–Crippen MR) is 79.0 cm³/mol. The number of nitrogens with one attached hydrogen (secondary N) is 1. The highest BCUT2D eigenvalue weighted by Gasteiger charge is 2.28. The number of benzene rings is 2. The first-order valence-corrected chi connectivity index (χ1v) is 6.20. The summed E-state index contributed by atoms with van der Waals surface area (Å²) in [6, 6.07) is 15.9. The maximum absolute atomic E-state index is 11.0. The van der Waals surface area contributed by atoms with Crippen molar-refractivity contribution in [2.24, 2.45) is 0 Å². The molecule has 0 saturated heterocycles. The molecule has 0 fully saturated rings. The topological polar surface area (TPSA) is 49.3 Å². The number of aliphatic hydroxyl groups is 1. The normalized spacial score (nSPS) is 13.1. The Morgan fingerprint density at radius 2 is 1.65 bits per heavy atom. The Bertz CT molecular complexity index is 641. The average molecular weight is 265 g/mol. The van der Waals surface area contributed by atoms with Gasteiger partial charge in [-0.3, -0.25) is 4.79 Å². The van der Waals surface area contributed by atoms with E-state index in [0.29, 0.717) is 16.8 Å². The number of hydrogen-bond acceptors (Lipinski definition) is 2. The Morgan fingerprint density at radius 3 is 2.15 bits per heavy atom. The average Bonchev–Trinajstić information content (AvgIpc) is 2.47. The van der Waals surface area contributed by atoms with Gasteiger partial charge in [-0.05, 0) is 12.1 Å². The lowest BCUT2D eigenvalue weighted by atomic mass is 9.87. The molecule has 20 heavy (non-hydrogen) atoms. The van der Waals surface area contributed by atoms with Crippen molar-refractivity contribution in [3.63, 3.8) is 0 Å². The minimum atomic E-state index is -1.48. The molecular weight excluding hydrogens is 250 g/mol. The second-order valence-electron chi connectivity index (χ2n) is 4.48. The lowest BCUT2D eigenvalue weighted by Gasteiger charge is -2.23. The Balaban J connectivity index is 2.38. The molecule has 2 N–H and O–H groups in total. The van der Waals surface area contributed by atoms with Crippen LogP contribution in [0.4, 0.5) is 5.69 Å². The summed E-state index contributed by atoms with van der Waals surface area (Å²) >= 11 is 0. The fourth-order valence-corrected chi connectivity index (χ4v) is 2.01. The molecule has 0 saturated carbocycles. The lowest BCUT2D eigenvalue weighted by Crippen LogP contribution is -2.24. The second kappa shape index (κ2) is 5.60. The number of amides is 1. The van der Waals surface area contributed by atoms with Gasteiger partial charge in [0.15, 0.2) is 5.60 Å². The number of terminal acetylenes is 1. The Kier molecular flexibility index (Phi) is 3.88. The standard InChI is InChI=1S/C17H15NO2/c1-3-17(20,14-7-5-4-6-8-14)15-9-11-16(12-10-15)18-13(2)19/h1,4-12,20H,2H3,(H,18,19). The molecule has 3 nitrogen and oxygen atoms in total. The molecule has 2 aromatic carbocycles. The van der Waals surface area contributed by atoms with Gasteiger partial charge in [-0.25, -0.2) is 0 Å². The zero-order valence-electron chi connectivity index (χ0n) is 11.1. The van der Waals surface area contributed by atoms with Crippen LogP contribution in [0.15, 0.2) is 54.6 Å². The quantitative estimate of drug-likeness (QED) is 0.838. The molecule has 0 aromatic heterocycles. The third kappa shape index (κ3) is 2.71. The minimum absolute atomic E-state index is 0.145. The number of rotatable bonds is 3. The van der Waals surface area contributed by atoms with E-state index in [4.69, 9.17) is 6.42 Å². The summed E-state index contributed by atoms with van der Waals surface area (Å²) in [5.74, 6) is 2.29. The van der Waals surface area contributed by atoms with Gasteiger partial charge in [-0.15, -0.1) is 6.42 Å². The molecule has 3 heteroatoms. The summed E-state index contributed by atoms with van der Waals surface area (Å²) in [6.45, 7) is 1.44. The van der Waals surface area contributed by atoms with Gasteiger partial charge in [-0.2, -0.15) is 0 Å². The molecule has 0 aliphatic heterocycles. The lowest BCUT2D eigenvalue weighted by molar-refractivity contribution is -0.114. The third-order valence-electron chi connectivity index (χ3n) is 3.02. The van der Waals surface area contributed by atoms with Crippen LogP contribution in [0.1, 0.15) is 18.1 Å². The number of hydrogen-bond donors (Lipinski definition) is 2. The molecule has 2 rings (SSSR count). The maximum atomic E-state index is 11.0. The molecule has 0 aliphatic carbocycles. The number of carbonyl (C=O) groups is 1. The molecular formula is C17H15NO2. The molecule has 0 radical (unpaired) electrons. The smallest absolute Gasteiger partial charge is 0.221 e. The van der Waals surface area contributed by atoms with Crippen LogP contribution in [0, 0.1) is 12.3 Å². The highest BCUT2D eigenvalue weighted by atomic mass is 16.3. The Morgan fingerprint density at radius 1 is 1.10 bits per heavy atom. The zero-order chi connectivity index (χ0) is 14.6. The summed E-state index contributed by atoms with van der Waals surface area (Å²) in [7, 11) is 0. The second-order valence-corrected chi connectivity index (χ2v) is 4.48. The molecule has 0 aliphatic rings. The van der Waals surface area contributed by atoms with E-state index in [0.717, 1.165) is 0 Å². The van der Waals surface area contributed by atoms with Crippen LogP contribution in [0.25, 0.3) is 0 Å². The Hall–Kier alpha value is -2.57. The molecule has 0 spiro atoms. The van der Waals surface area contributed by atoms with Gasteiger partial charge < -0.3 is 10.4 Å². The van der Waals surface area contributed by atoms with Gasteiger partial charge in [0.1, 0.15) is 0 Å². The highest BCUT2D eigenvalue weighted by molar-refractivity contribution is 5.88. The fourth-order valence-electron chi connectivity index (χ4n) is 2.01. The van der Waals surface area contributed by atoms with Crippen LogP contribution in [0.2, 0.25) is 0 Å². The molecule has 0 heterocycles. The van der Waals surface area contributed by atoms with Crippen molar-refractivity contribution in [1.82, 2.24) is 0 Å². The van der Waals surface area contributed by atoms with Crippen molar-refractivity contribution in [2.75, 3.05) is 5.32 Å². The third-order valence-corrected chi connectivity index (χ3v) is 3.02. The summed E-state index contributed by atoms with van der Waals surface area (Å²) in [5, 5.41) is 13.4. The molecule has 100 valence electrons. The number of carbonyl (C=O) groups excluding carboxylic acids is 1. The van der Waals surface area contributed by atoms with Crippen molar-refractivity contribution in [2.45, 2.75) is 12.5 Å². The van der Waals surface area contributed by atoms with E-state index < -0.39 is 5.60 Å². The minimum Gasteiger partial charge on any atom is -0.369 e. The van der Waals surface area contributed by atoms with Gasteiger partial charge >= 0.3 is 0 Å². The fraction of sp³-hybridized carbons (Fsp3) is 0.118. The van der Waals surface area contributed by atoms with Crippen LogP contribution in [0.5, 0.6) is 0 Å². The molecule has 2 aromatic rings. The zero-order valence-corrected chi connectivity index (χ0v) is 11.1. The van der Waals surface area contributed by atoms with Crippen molar-refractivity contribution in [1.29, 1.82) is 0 Å². The van der Waals surface area contributed by atoms with Crippen molar-refractivity contribution < 1.29 is 9.90 Å². The van der Waals surface area contributed by atoms with Crippen LogP contribution >= 0.6 is 0 Å². The summed E-state index contributed by atoms with van der Waals surface area (Å²) in [5.41, 5.74) is 0.402. The van der Waals surface area contributed by atoms with E-state index >= 15 is 0 Å². The summed E-state index contributed by atoms with van der Waals surface area (Å²) in [4.78, 5) is 11.0. The summed E-state index contributed by atoms with van der Waals surface area (Å²) in [6.07, 6.45) is 5.52. The van der Waals surface area contributed by atoms with Crippen molar-refractivity contribution in [3.05, 3.63) is 65.7 Å². The largest absolute Gasteiger partial charge is 0.369 e. The van der Waals surface area contributed by atoms with E-state index in [1.807, 2.05) is 18.2 Å². The van der Waals surface area contributed by atoms with Crippen LogP contribution in [-0.4, -0.2) is 11.0 Å². The van der Waals surface area contributed by atoms with Gasteiger partial charge in [0, 0.05) is 23.7 Å². The number of anilines is 1. The molecule has 1 amide bonds. The monoisotopic (exact) mass is 265 g/mol. The van der Waals surface area contributed by atoms with Crippen molar-refractivity contribution >= 4 is 11.6 Å². The van der Waals surface area contributed by atoms with Gasteiger partial charge in [0.2, 0.25) is 5.91 Å². The maximum Gasteiger partial charge on any atom is 0.221 e. The first kappa shape index (κ1) is 13.9. The summed E-state index contributed by atoms with van der Waals surface area (Å²) < 4.78 is 0. The predicted octanol–water partition coefficient (Wildman–Crippen LogP) is 2.51. The van der Waals surface area contributed by atoms with E-state index in [2.05, 4.69) is 11.2 Å². The van der Waals surface area contributed by atoms with Gasteiger partial charge in [0.25, 0.3) is 0 Å². The highest BCUT2D eigenvalue weighted by Crippen LogP contribution is 2.29.